The first-order valence-electron chi connectivity index (χ1n) is 13.4. The highest BCUT2D eigenvalue weighted by Crippen LogP contribution is 2.72. The van der Waals surface area contributed by atoms with E-state index in [4.69, 9.17) is 0 Å². The monoisotopic (exact) mass is 488 g/mol. The maximum atomic E-state index is 4.08. The van der Waals surface area contributed by atoms with Crippen molar-refractivity contribution in [1.29, 1.82) is 0 Å². The molecule has 0 nitrogen and oxygen atoms in total. The number of alkyl halides is 1. The van der Waals surface area contributed by atoms with Crippen molar-refractivity contribution < 1.29 is 0 Å². The summed E-state index contributed by atoms with van der Waals surface area (Å²) in [7, 11) is 0. The van der Waals surface area contributed by atoms with Gasteiger partial charge in [0.2, 0.25) is 0 Å². The number of halogens is 1. The highest BCUT2D eigenvalue weighted by molar-refractivity contribution is 9.09. The molecule has 0 aliphatic heterocycles. The highest BCUT2D eigenvalue weighted by Gasteiger charge is 2.63. The Hall–Kier alpha value is -0.0400. The van der Waals surface area contributed by atoms with Crippen LogP contribution in [0.15, 0.2) is 22.8 Å². The van der Waals surface area contributed by atoms with E-state index in [-0.39, 0.29) is 0 Å². The van der Waals surface area contributed by atoms with Gasteiger partial charge in [-0.1, -0.05) is 80.3 Å². The second-order valence-electron chi connectivity index (χ2n) is 13.5. The van der Waals surface area contributed by atoms with Crippen LogP contribution in [0.5, 0.6) is 0 Å². The van der Waals surface area contributed by atoms with Gasteiger partial charge in [-0.3, -0.25) is 0 Å². The molecule has 4 aliphatic carbocycles. The highest BCUT2D eigenvalue weighted by atomic mass is 79.9. The van der Waals surface area contributed by atoms with Crippen molar-refractivity contribution in [1.82, 2.24) is 0 Å². The Kier molecular flexibility index (Phi) is 6.24. The van der Waals surface area contributed by atoms with Gasteiger partial charge >= 0.3 is 0 Å². The molecular formula is C30H49Br. The Labute approximate surface area is 202 Å². The standard InChI is InChI=1S/C30H49Br/c1-20(2)10-9-11-21(3)22-14-18-30(8)24-12-13-25-27(4,5)26(31)16-17-28(25,6)23(24)15-19-29(22,30)7/h10,21-22,25-26H,9,11-19H2,1-8H3/t21-,22-,25?,26?,28-,29+,30+/m1/s1. The number of hydrogen-bond donors (Lipinski definition) is 0. The number of hydrogen-bond acceptors (Lipinski definition) is 0. The zero-order valence-electron chi connectivity index (χ0n) is 21.8. The Balaban J connectivity index is 1.65. The largest absolute Gasteiger partial charge is 0.0885 e. The summed E-state index contributed by atoms with van der Waals surface area (Å²) in [5.41, 5.74) is 7.16. The van der Waals surface area contributed by atoms with Crippen LogP contribution < -0.4 is 0 Å². The summed E-state index contributed by atoms with van der Waals surface area (Å²) in [4.78, 5) is 0.683. The molecule has 1 heteroatoms. The molecule has 0 heterocycles. The minimum Gasteiger partial charge on any atom is -0.0885 e. The van der Waals surface area contributed by atoms with Gasteiger partial charge in [0.25, 0.3) is 0 Å². The van der Waals surface area contributed by atoms with Gasteiger partial charge in [-0.05, 0) is 117 Å². The molecule has 4 aliphatic rings. The van der Waals surface area contributed by atoms with Crippen LogP contribution in [-0.4, -0.2) is 4.83 Å². The SMILES string of the molecule is CC(C)=CCC[C@@H](C)[C@H]1CC[C@@]2(C)C3=C(CC[C@@]12C)[C@@]1(C)CCC(Br)C(C)(C)C1CC3. The predicted molar refractivity (Wildman–Crippen MR) is 140 cm³/mol. The molecule has 0 saturated heterocycles. The van der Waals surface area contributed by atoms with E-state index in [0.29, 0.717) is 26.5 Å². The van der Waals surface area contributed by atoms with E-state index in [1.54, 1.807) is 0 Å². The maximum absolute atomic E-state index is 4.08. The van der Waals surface area contributed by atoms with E-state index in [1.165, 1.54) is 69.8 Å². The van der Waals surface area contributed by atoms with Gasteiger partial charge in [-0.2, -0.15) is 0 Å². The van der Waals surface area contributed by atoms with Crippen LogP contribution in [0.25, 0.3) is 0 Å². The van der Waals surface area contributed by atoms with E-state index < -0.39 is 0 Å². The number of rotatable bonds is 4. The van der Waals surface area contributed by atoms with Crippen molar-refractivity contribution in [3.05, 3.63) is 22.8 Å². The molecule has 2 fully saturated rings. The Morgan fingerprint density at radius 1 is 0.968 bits per heavy atom. The normalized spacial score (nSPS) is 44.9. The van der Waals surface area contributed by atoms with Gasteiger partial charge < -0.3 is 0 Å². The summed E-state index contributed by atoms with van der Waals surface area (Å²) >= 11 is 4.08. The minimum absolute atomic E-state index is 0.408. The molecule has 31 heavy (non-hydrogen) atoms. The first-order chi connectivity index (χ1) is 14.4. The first kappa shape index (κ1) is 24.1. The molecule has 176 valence electrons. The summed E-state index contributed by atoms with van der Waals surface area (Å²) in [6.45, 7) is 20.2. The molecule has 0 N–H and O–H groups in total. The quantitative estimate of drug-likeness (QED) is 0.272. The molecule has 0 aromatic heterocycles. The molecule has 0 spiro atoms. The third-order valence-corrected chi connectivity index (χ3v) is 13.2. The van der Waals surface area contributed by atoms with Crippen LogP contribution in [-0.2, 0) is 0 Å². The van der Waals surface area contributed by atoms with Crippen molar-refractivity contribution >= 4 is 15.9 Å². The third-order valence-electron chi connectivity index (χ3n) is 11.6. The Morgan fingerprint density at radius 3 is 2.35 bits per heavy atom. The molecule has 2 saturated carbocycles. The Bertz CT molecular complexity index is 767. The van der Waals surface area contributed by atoms with Gasteiger partial charge in [0.1, 0.15) is 0 Å². The van der Waals surface area contributed by atoms with Gasteiger partial charge in [-0.15, -0.1) is 0 Å². The van der Waals surface area contributed by atoms with Crippen molar-refractivity contribution in [3.63, 3.8) is 0 Å². The zero-order valence-corrected chi connectivity index (χ0v) is 23.4. The average molecular weight is 490 g/mol. The summed E-state index contributed by atoms with van der Waals surface area (Å²) in [5.74, 6) is 2.58. The lowest BCUT2D eigenvalue weighted by Gasteiger charge is -2.62. The predicted octanol–water partition coefficient (Wildman–Crippen LogP) is 9.88. The lowest BCUT2D eigenvalue weighted by atomic mass is 9.43. The summed E-state index contributed by atoms with van der Waals surface area (Å²) in [6, 6.07) is 0. The third kappa shape index (κ3) is 3.49. The van der Waals surface area contributed by atoms with Crippen molar-refractivity contribution in [3.8, 4) is 0 Å². The molecule has 0 radical (unpaired) electrons. The fourth-order valence-corrected chi connectivity index (χ4v) is 9.99. The molecule has 7 atom stereocenters. The molecular weight excluding hydrogens is 440 g/mol. The molecule has 0 amide bonds. The van der Waals surface area contributed by atoms with Gasteiger partial charge in [0.05, 0.1) is 0 Å². The fraction of sp³-hybridized carbons (Fsp3) is 0.867. The van der Waals surface area contributed by atoms with Crippen LogP contribution >= 0.6 is 15.9 Å². The van der Waals surface area contributed by atoms with E-state index in [0.717, 1.165) is 17.8 Å². The van der Waals surface area contributed by atoms with E-state index in [1.807, 2.05) is 11.1 Å². The maximum Gasteiger partial charge on any atom is 0.0200 e. The van der Waals surface area contributed by atoms with E-state index >= 15 is 0 Å². The van der Waals surface area contributed by atoms with Crippen LogP contribution in [0.4, 0.5) is 0 Å². The smallest absolute Gasteiger partial charge is 0.0200 e. The zero-order chi connectivity index (χ0) is 22.8. The summed E-state index contributed by atoms with van der Waals surface area (Å²) < 4.78 is 0. The lowest BCUT2D eigenvalue weighted by molar-refractivity contribution is -0.0155. The van der Waals surface area contributed by atoms with Crippen LogP contribution in [0, 0.1) is 39.4 Å². The lowest BCUT2D eigenvalue weighted by Crippen LogP contribution is -2.54. The first-order valence-corrected chi connectivity index (χ1v) is 14.3. The molecule has 4 rings (SSSR count). The summed E-state index contributed by atoms with van der Waals surface area (Å²) in [6.07, 6.45) is 16.3. The minimum atomic E-state index is 0.408. The molecule has 0 aromatic carbocycles. The molecule has 0 aromatic rings. The Morgan fingerprint density at radius 2 is 1.68 bits per heavy atom. The fourth-order valence-electron chi connectivity index (χ4n) is 9.44. The van der Waals surface area contributed by atoms with Gasteiger partial charge in [-0.25, -0.2) is 0 Å². The van der Waals surface area contributed by atoms with Crippen molar-refractivity contribution in [2.45, 2.75) is 124 Å². The van der Waals surface area contributed by atoms with Gasteiger partial charge in [0.15, 0.2) is 0 Å². The average Bonchev–Trinajstić information content (AvgIpc) is 2.96. The van der Waals surface area contributed by atoms with Gasteiger partial charge in [0, 0.05) is 4.83 Å². The summed E-state index contributed by atoms with van der Waals surface area (Å²) in [5, 5.41) is 0. The van der Waals surface area contributed by atoms with Crippen LogP contribution in [0.2, 0.25) is 0 Å². The van der Waals surface area contributed by atoms with Crippen LogP contribution in [0.3, 0.4) is 0 Å². The van der Waals surface area contributed by atoms with Crippen molar-refractivity contribution in [2.75, 3.05) is 0 Å². The van der Waals surface area contributed by atoms with E-state index in [9.17, 15) is 0 Å². The number of allylic oxidation sites excluding steroid dienone is 4. The van der Waals surface area contributed by atoms with Crippen LogP contribution in [0.1, 0.15) is 120 Å². The second-order valence-corrected chi connectivity index (χ2v) is 14.6. The number of fused-ring (bicyclic) bond motifs is 4. The molecule has 2 unspecified atom stereocenters. The second kappa shape index (κ2) is 8.02. The molecule has 0 bridgehead atoms. The van der Waals surface area contributed by atoms with E-state index in [2.05, 4.69) is 77.4 Å². The topological polar surface area (TPSA) is 0 Å². The van der Waals surface area contributed by atoms with Crippen molar-refractivity contribution in [2.24, 2.45) is 39.4 Å².